The Kier molecular flexibility index (Phi) is 5.10. The van der Waals surface area contributed by atoms with Gasteiger partial charge in [0.15, 0.2) is 11.6 Å². The summed E-state index contributed by atoms with van der Waals surface area (Å²) in [5.41, 5.74) is 6.55. The zero-order chi connectivity index (χ0) is 19.0. The molecule has 144 valence electrons. The molecular weight excluding hydrogens is 370 g/mol. The number of halogens is 3. The summed E-state index contributed by atoms with van der Waals surface area (Å²) < 4.78 is 35.1. The second kappa shape index (κ2) is 7.38. The molecule has 3 atom stereocenters. The first kappa shape index (κ1) is 18.7. The van der Waals surface area contributed by atoms with Gasteiger partial charge in [0.2, 0.25) is 0 Å². The molecule has 0 spiro atoms. The van der Waals surface area contributed by atoms with Gasteiger partial charge in [0.05, 0.1) is 6.04 Å². The van der Waals surface area contributed by atoms with Crippen molar-refractivity contribution in [3.8, 4) is 5.75 Å². The van der Waals surface area contributed by atoms with Crippen LogP contribution in [0.15, 0.2) is 36.4 Å². The van der Waals surface area contributed by atoms with Crippen LogP contribution in [0.4, 0.5) is 8.78 Å². The average molecular weight is 393 g/mol. The molecule has 0 radical (unpaired) electrons. The molecule has 0 unspecified atom stereocenters. The van der Waals surface area contributed by atoms with E-state index in [2.05, 4.69) is 5.32 Å². The first-order chi connectivity index (χ1) is 13.0. The van der Waals surface area contributed by atoms with E-state index >= 15 is 0 Å². The van der Waals surface area contributed by atoms with Gasteiger partial charge in [-0.1, -0.05) is 23.7 Å². The Bertz CT molecular complexity index is 830. The topological polar surface area (TPSA) is 47.3 Å². The maximum Gasteiger partial charge on any atom is 0.165 e. The standard InChI is InChI=1S/C21H23ClF2N2O/c22-14-3-1-13(2-4-14)11-21-9-7-15(8-10-25)26-18(21)12-27-20-17(24)6-5-16(23)19(20)21/h1-6,15,18,26H,7-12,25H2/t15-,18+,21-/m0/s1. The minimum atomic E-state index is -0.571. The summed E-state index contributed by atoms with van der Waals surface area (Å²) in [6, 6.07) is 10.1. The van der Waals surface area contributed by atoms with Crippen LogP contribution in [0.1, 0.15) is 30.4 Å². The summed E-state index contributed by atoms with van der Waals surface area (Å²) in [5.74, 6) is -0.868. The lowest BCUT2D eigenvalue weighted by atomic mass is 9.63. The third-order valence-electron chi connectivity index (χ3n) is 5.94. The predicted molar refractivity (Wildman–Crippen MR) is 102 cm³/mol. The summed E-state index contributed by atoms with van der Waals surface area (Å²) in [5, 5.41) is 4.25. The highest BCUT2D eigenvalue weighted by Gasteiger charge is 2.51. The maximum atomic E-state index is 15.0. The molecule has 3 nitrogen and oxygen atoms in total. The number of hydrogen-bond acceptors (Lipinski definition) is 3. The van der Waals surface area contributed by atoms with E-state index < -0.39 is 17.0 Å². The highest BCUT2D eigenvalue weighted by Crippen LogP contribution is 2.49. The minimum Gasteiger partial charge on any atom is -0.488 e. The van der Waals surface area contributed by atoms with Crippen LogP contribution in [-0.2, 0) is 11.8 Å². The Morgan fingerprint density at radius 2 is 1.89 bits per heavy atom. The summed E-state index contributed by atoms with van der Waals surface area (Å²) in [7, 11) is 0. The van der Waals surface area contributed by atoms with Gasteiger partial charge in [-0.3, -0.25) is 0 Å². The van der Waals surface area contributed by atoms with Gasteiger partial charge in [-0.2, -0.15) is 0 Å². The number of piperidine rings is 1. The van der Waals surface area contributed by atoms with Crippen LogP contribution in [0.5, 0.6) is 5.75 Å². The van der Waals surface area contributed by atoms with E-state index in [0.29, 0.717) is 30.2 Å². The molecule has 2 aromatic carbocycles. The average Bonchev–Trinajstić information content (AvgIpc) is 2.66. The highest BCUT2D eigenvalue weighted by molar-refractivity contribution is 6.30. The fraction of sp³-hybridized carbons (Fsp3) is 0.429. The van der Waals surface area contributed by atoms with Crippen molar-refractivity contribution in [2.75, 3.05) is 13.2 Å². The molecule has 3 N–H and O–H groups in total. The second-order valence-corrected chi connectivity index (χ2v) is 7.97. The van der Waals surface area contributed by atoms with Crippen LogP contribution >= 0.6 is 11.6 Å². The van der Waals surface area contributed by atoms with E-state index in [0.717, 1.165) is 30.9 Å². The van der Waals surface area contributed by atoms with Crippen molar-refractivity contribution < 1.29 is 13.5 Å². The van der Waals surface area contributed by atoms with Gasteiger partial charge < -0.3 is 15.8 Å². The maximum absolute atomic E-state index is 15.0. The van der Waals surface area contributed by atoms with E-state index in [1.807, 2.05) is 24.3 Å². The second-order valence-electron chi connectivity index (χ2n) is 7.54. The summed E-state index contributed by atoms with van der Waals surface area (Å²) in [4.78, 5) is 0. The third kappa shape index (κ3) is 3.33. The monoisotopic (exact) mass is 392 g/mol. The zero-order valence-corrected chi connectivity index (χ0v) is 15.7. The largest absolute Gasteiger partial charge is 0.488 e. The van der Waals surface area contributed by atoms with Gasteiger partial charge in [0.25, 0.3) is 0 Å². The number of rotatable bonds is 4. The quantitative estimate of drug-likeness (QED) is 0.827. The molecule has 1 fully saturated rings. The number of ether oxygens (including phenoxy) is 1. The number of fused-ring (bicyclic) bond motifs is 3. The minimum absolute atomic E-state index is 0.0549. The van der Waals surface area contributed by atoms with Gasteiger partial charge in [-0.15, -0.1) is 0 Å². The first-order valence-electron chi connectivity index (χ1n) is 9.35. The lowest BCUT2D eigenvalue weighted by molar-refractivity contribution is 0.0917. The van der Waals surface area contributed by atoms with E-state index in [1.54, 1.807) is 0 Å². The zero-order valence-electron chi connectivity index (χ0n) is 15.0. The van der Waals surface area contributed by atoms with Crippen LogP contribution < -0.4 is 15.8 Å². The molecule has 2 aliphatic heterocycles. The normalized spacial score (nSPS) is 26.8. The van der Waals surface area contributed by atoms with Crippen LogP contribution in [0, 0.1) is 11.6 Å². The molecular formula is C21H23ClF2N2O. The Balaban J connectivity index is 1.79. The number of hydrogen-bond donors (Lipinski definition) is 2. The van der Waals surface area contributed by atoms with E-state index in [9.17, 15) is 8.78 Å². The number of benzene rings is 2. The molecule has 0 aromatic heterocycles. The van der Waals surface area contributed by atoms with Crippen molar-refractivity contribution in [1.29, 1.82) is 0 Å². The third-order valence-corrected chi connectivity index (χ3v) is 6.19. The first-order valence-corrected chi connectivity index (χ1v) is 9.73. The van der Waals surface area contributed by atoms with Crippen LogP contribution in [0.25, 0.3) is 0 Å². The summed E-state index contributed by atoms with van der Waals surface area (Å²) in [6.07, 6.45) is 3.05. The van der Waals surface area contributed by atoms with Gasteiger partial charge in [0, 0.05) is 22.0 Å². The van der Waals surface area contributed by atoms with Gasteiger partial charge in [0.1, 0.15) is 12.4 Å². The highest BCUT2D eigenvalue weighted by atomic mass is 35.5. The molecule has 2 heterocycles. The van der Waals surface area contributed by atoms with E-state index in [4.69, 9.17) is 22.1 Å². The van der Waals surface area contributed by atoms with Gasteiger partial charge in [-0.05, 0) is 62.1 Å². The Hall–Kier alpha value is -1.69. The Labute approximate surface area is 162 Å². The van der Waals surface area contributed by atoms with Crippen LogP contribution in [0.3, 0.4) is 0 Å². The lowest BCUT2D eigenvalue weighted by Crippen LogP contribution is -2.62. The molecule has 0 saturated carbocycles. The number of nitrogens with one attached hydrogen (secondary N) is 1. The molecule has 0 aliphatic carbocycles. The predicted octanol–water partition coefficient (Wildman–Crippen LogP) is 3.96. The molecule has 27 heavy (non-hydrogen) atoms. The molecule has 0 amide bonds. The SMILES string of the molecule is NCC[C@@H]1CC[C@@]2(Cc3ccc(Cl)cc3)c3c(F)ccc(F)c3OC[C@H]2N1. The fourth-order valence-electron chi connectivity index (χ4n) is 4.64. The van der Waals surface area contributed by atoms with E-state index in [-0.39, 0.29) is 17.8 Å². The van der Waals surface area contributed by atoms with Gasteiger partial charge in [-0.25, -0.2) is 8.78 Å². The van der Waals surface area contributed by atoms with Crippen molar-refractivity contribution in [3.63, 3.8) is 0 Å². The summed E-state index contributed by atoms with van der Waals surface area (Å²) in [6.45, 7) is 0.900. The van der Waals surface area contributed by atoms with E-state index in [1.165, 1.54) is 6.07 Å². The van der Waals surface area contributed by atoms with Crippen LogP contribution in [0.2, 0.25) is 5.02 Å². The van der Waals surface area contributed by atoms with Gasteiger partial charge >= 0.3 is 0 Å². The number of nitrogens with two attached hydrogens (primary N) is 1. The summed E-state index contributed by atoms with van der Waals surface area (Å²) >= 11 is 6.02. The molecule has 1 saturated heterocycles. The molecule has 2 aromatic rings. The molecule has 2 aliphatic rings. The van der Waals surface area contributed by atoms with Crippen molar-refractivity contribution in [3.05, 3.63) is 64.2 Å². The van der Waals surface area contributed by atoms with Crippen molar-refractivity contribution in [2.24, 2.45) is 5.73 Å². The van der Waals surface area contributed by atoms with Crippen molar-refractivity contribution in [1.82, 2.24) is 5.32 Å². The lowest BCUT2D eigenvalue weighted by Gasteiger charge is -2.51. The molecule has 0 bridgehead atoms. The smallest absolute Gasteiger partial charge is 0.165 e. The van der Waals surface area contributed by atoms with Crippen molar-refractivity contribution in [2.45, 2.75) is 43.2 Å². The molecule has 4 rings (SSSR count). The van der Waals surface area contributed by atoms with Crippen molar-refractivity contribution >= 4 is 11.6 Å². The fourth-order valence-corrected chi connectivity index (χ4v) is 4.77. The molecule has 6 heteroatoms. The Morgan fingerprint density at radius 3 is 2.63 bits per heavy atom. The van der Waals surface area contributed by atoms with Crippen LogP contribution in [-0.4, -0.2) is 25.2 Å². The Morgan fingerprint density at radius 1 is 1.15 bits per heavy atom.